The van der Waals surface area contributed by atoms with E-state index in [0.29, 0.717) is 17.0 Å². The van der Waals surface area contributed by atoms with E-state index in [1.807, 2.05) is 0 Å². The Labute approximate surface area is 157 Å². The highest BCUT2D eigenvalue weighted by Crippen LogP contribution is 2.34. The molecule has 9 nitrogen and oxygen atoms in total. The van der Waals surface area contributed by atoms with Gasteiger partial charge in [-0.25, -0.2) is 5.43 Å². The lowest BCUT2D eigenvalue weighted by Gasteiger charge is -2.41. The smallest absolute Gasteiger partial charge is 0.496 e. The number of carbonyl (C=O) groups excluding carboxylic acids is 1. The van der Waals surface area contributed by atoms with E-state index in [4.69, 9.17) is 4.74 Å². The summed E-state index contributed by atoms with van der Waals surface area (Å²) in [6, 6.07) is 3.45. The molecule has 2 N–H and O–H groups in total. The largest absolute Gasteiger partial charge is 0.522 e. The first-order valence-corrected chi connectivity index (χ1v) is 8.14. The summed E-state index contributed by atoms with van der Waals surface area (Å²) in [5, 5.41) is 13.3. The van der Waals surface area contributed by atoms with Gasteiger partial charge in [0.05, 0.1) is 19.5 Å². The standard InChI is InChI=1S/C16H17F3N6O3/c1-9-13(25-7-11(8-25)28-16(17,18)19)3-10(4-14(9)27-2)5-20-23-15(26)12-6-21-24-22-12/h3-6,11H,7-8H2,1-2H3,(H,23,26)(H,21,22,24)/b20-5+. The first kappa shape index (κ1) is 19.6. The Morgan fingerprint density at radius 2 is 2.18 bits per heavy atom. The van der Waals surface area contributed by atoms with Crippen LogP contribution in [0.1, 0.15) is 21.6 Å². The van der Waals surface area contributed by atoms with Crippen molar-refractivity contribution in [3.63, 3.8) is 0 Å². The minimum absolute atomic E-state index is 0.0793. The van der Waals surface area contributed by atoms with Gasteiger partial charge >= 0.3 is 6.36 Å². The molecule has 1 fully saturated rings. The van der Waals surface area contributed by atoms with Crippen molar-refractivity contribution in [1.29, 1.82) is 0 Å². The van der Waals surface area contributed by atoms with E-state index in [2.05, 4.69) is 30.7 Å². The quantitative estimate of drug-likeness (QED) is 0.566. The van der Waals surface area contributed by atoms with Crippen LogP contribution in [-0.4, -0.2) is 60.2 Å². The van der Waals surface area contributed by atoms with E-state index >= 15 is 0 Å². The van der Waals surface area contributed by atoms with Gasteiger partial charge in [0.15, 0.2) is 5.69 Å². The Bertz CT molecular complexity index is 863. The van der Waals surface area contributed by atoms with Gasteiger partial charge in [-0.15, -0.1) is 13.2 Å². The van der Waals surface area contributed by atoms with Gasteiger partial charge in [0.2, 0.25) is 0 Å². The number of hydrogen-bond donors (Lipinski definition) is 2. The molecule has 1 saturated heterocycles. The highest BCUT2D eigenvalue weighted by atomic mass is 19.4. The van der Waals surface area contributed by atoms with Crippen LogP contribution in [0.15, 0.2) is 23.4 Å². The number of amides is 1. The van der Waals surface area contributed by atoms with E-state index in [9.17, 15) is 18.0 Å². The highest BCUT2D eigenvalue weighted by Gasteiger charge is 2.39. The predicted molar refractivity (Wildman–Crippen MR) is 92.3 cm³/mol. The van der Waals surface area contributed by atoms with Crippen molar-refractivity contribution in [1.82, 2.24) is 20.8 Å². The average Bonchev–Trinajstić information content (AvgIpc) is 3.13. The normalized spacial score (nSPS) is 15.0. The van der Waals surface area contributed by atoms with Gasteiger partial charge in [0, 0.05) is 29.9 Å². The second kappa shape index (κ2) is 7.84. The Morgan fingerprint density at radius 3 is 2.79 bits per heavy atom. The summed E-state index contributed by atoms with van der Waals surface area (Å²) in [5.74, 6) is 0.00107. The van der Waals surface area contributed by atoms with Crippen LogP contribution in [-0.2, 0) is 4.74 Å². The van der Waals surface area contributed by atoms with Crippen molar-refractivity contribution in [2.75, 3.05) is 25.1 Å². The Balaban J connectivity index is 1.70. The van der Waals surface area contributed by atoms with Crippen LogP contribution in [0.4, 0.5) is 18.9 Å². The van der Waals surface area contributed by atoms with Crippen LogP contribution in [0, 0.1) is 6.92 Å². The van der Waals surface area contributed by atoms with Crippen molar-refractivity contribution >= 4 is 17.8 Å². The fourth-order valence-electron chi connectivity index (χ4n) is 2.74. The molecule has 0 spiro atoms. The predicted octanol–water partition coefficient (Wildman–Crippen LogP) is 1.61. The number of nitrogens with zero attached hydrogens (tertiary/aromatic N) is 4. The molecular formula is C16H17F3N6O3. The second-order valence-corrected chi connectivity index (χ2v) is 6.01. The zero-order chi connectivity index (χ0) is 20.3. The molecule has 0 unspecified atom stereocenters. The van der Waals surface area contributed by atoms with E-state index in [1.165, 1.54) is 19.5 Å². The molecule has 1 aliphatic rings. The average molecular weight is 398 g/mol. The third kappa shape index (κ3) is 4.57. The summed E-state index contributed by atoms with van der Waals surface area (Å²) >= 11 is 0. The number of ether oxygens (including phenoxy) is 2. The topological polar surface area (TPSA) is 105 Å². The molecule has 12 heteroatoms. The van der Waals surface area contributed by atoms with Crippen LogP contribution in [0.5, 0.6) is 5.75 Å². The molecule has 0 saturated carbocycles. The fourth-order valence-corrected chi connectivity index (χ4v) is 2.74. The van der Waals surface area contributed by atoms with Crippen LogP contribution < -0.4 is 15.1 Å². The van der Waals surface area contributed by atoms with Crippen LogP contribution in [0.3, 0.4) is 0 Å². The summed E-state index contributed by atoms with van der Waals surface area (Å²) in [5.41, 5.74) is 4.45. The van der Waals surface area contributed by atoms with Gasteiger partial charge in [0.25, 0.3) is 5.91 Å². The molecule has 0 radical (unpaired) electrons. The number of halogens is 3. The van der Waals surface area contributed by atoms with Crippen LogP contribution in [0.25, 0.3) is 0 Å². The number of nitrogens with one attached hydrogen (secondary N) is 2. The van der Waals surface area contributed by atoms with Gasteiger partial charge in [0.1, 0.15) is 11.9 Å². The van der Waals surface area contributed by atoms with Crippen molar-refractivity contribution in [2.45, 2.75) is 19.4 Å². The molecule has 28 heavy (non-hydrogen) atoms. The first-order chi connectivity index (χ1) is 13.3. The van der Waals surface area contributed by atoms with Crippen molar-refractivity contribution in [3.8, 4) is 5.75 Å². The lowest BCUT2D eigenvalue weighted by molar-refractivity contribution is -0.344. The molecule has 2 heterocycles. The summed E-state index contributed by atoms with van der Waals surface area (Å²) in [6.07, 6.45) is -2.92. The fraction of sp³-hybridized carbons (Fsp3) is 0.375. The molecule has 2 aromatic rings. The number of rotatable bonds is 6. The third-order valence-corrected chi connectivity index (χ3v) is 4.09. The summed E-state index contributed by atoms with van der Waals surface area (Å²) < 4.78 is 46.3. The number of benzene rings is 1. The van der Waals surface area contributed by atoms with E-state index in [0.717, 1.165) is 5.56 Å². The molecule has 0 atom stereocenters. The molecule has 0 aliphatic carbocycles. The highest BCUT2D eigenvalue weighted by molar-refractivity contribution is 5.93. The van der Waals surface area contributed by atoms with Crippen molar-refractivity contribution < 1.29 is 27.4 Å². The Morgan fingerprint density at radius 1 is 1.43 bits per heavy atom. The number of alkyl halides is 3. The Kier molecular flexibility index (Phi) is 5.49. The zero-order valence-electron chi connectivity index (χ0n) is 14.9. The molecule has 3 rings (SSSR count). The van der Waals surface area contributed by atoms with Gasteiger partial charge in [-0.1, -0.05) is 0 Å². The Hall–Kier alpha value is -3.15. The number of aromatic amines is 1. The molecular weight excluding hydrogens is 381 g/mol. The van der Waals surface area contributed by atoms with Gasteiger partial charge in [-0.2, -0.15) is 20.5 Å². The number of methoxy groups -OCH3 is 1. The van der Waals surface area contributed by atoms with Crippen LogP contribution in [0.2, 0.25) is 0 Å². The van der Waals surface area contributed by atoms with Gasteiger partial charge in [-0.3, -0.25) is 9.53 Å². The van der Waals surface area contributed by atoms with E-state index in [1.54, 1.807) is 24.0 Å². The summed E-state index contributed by atoms with van der Waals surface area (Å²) in [6.45, 7) is 2.01. The van der Waals surface area contributed by atoms with Gasteiger partial charge < -0.3 is 9.64 Å². The van der Waals surface area contributed by atoms with E-state index in [-0.39, 0.29) is 18.8 Å². The maximum absolute atomic E-state index is 12.3. The SMILES string of the molecule is COc1cc(/C=N/NC(=O)c2cn[nH]n2)cc(N2CC(OC(F)(F)F)C2)c1C. The number of H-pyrrole nitrogens is 1. The second-order valence-electron chi connectivity index (χ2n) is 6.01. The van der Waals surface area contributed by atoms with Crippen molar-refractivity contribution in [2.24, 2.45) is 5.10 Å². The maximum Gasteiger partial charge on any atom is 0.522 e. The molecule has 0 bridgehead atoms. The minimum atomic E-state index is -4.65. The third-order valence-electron chi connectivity index (χ3n) is 4.09. The number of carbonyl (C=O) groups is 1. The lowest BCUT2D eigenvalue weighted by Crippen LogP contribution is -2.54. The summed E-state index contributed by atoms with van der Waals surface area (Å²) in [4.78, 5) is 13.5. The summed E-state index contributed by atoms with van der Waals surface area (Å²) in [7, 11) is 1.49. The number of hydrazone groups is 1. The molecule has 150 valence electrons. The van der Waals surface area contributed by atoms with Crippen LogP contribution >= 0.6 is 0 Å². The molecule has 1 aromatic heterocycles. The number of aromatic nitrogens is 3. The molecule has 1 aromatic carbocycles. The molecule has 1 amide bonds. The minimum Gasteiger partial charge on any atom is -0.496 e. The number of hydrogen-bond acceptors (Lipinski definition) is 7. The van der Waals surface area contributed by atoms with Crippen molar-refractivity contribution in [3.05, 3.63) is 35.2 Å². The van der Waals surface area contributed by atoms with Gasteiger partial charge in [-0.05, 0) is 19.1 Å². The van der Waals surface area contributed by atoms with E-state index < -0.39 is 18.4 Å². The maximum atomic E-state index is 12.3. The monoisotopic (exact) mass is 398 g/mol. The first-order valence-electron chi connectivity index (χ1n) is 8.14. The lowest BCUT2D eigenvalue weighted by atomic mass is 10.0. The number of anilines is 1. The molecule has 1 aliphatic heterocycles. The zero-order valence-corrected chi connectivity index (χ0v) is 14.9.